The Morgan fingerprint density at radius 1 is 1.15 bits per heavy atom. The van der Waals surface area contributed by atoms with Crippen LogP contribution in [0.2, 0.25) is 0 Å². The van der Waals surface area contributed by atoms with Crippen LogP contribution in [0, 0.1) is 5.82 Å². The summed E-state index contributed by atoms with van der Waals surface area (Å²) in [4.78, 5) is 0. The SMILES string of the molecule is OC1(c2cc(F)ccc2C(F)(F)F)CC2CCC(C1)S2. The van der Waals surface area contributed by atoms with E-state index >= 15 is 0 Å². The van der Waals surface area contributed by atoms with E-state index in [1.165, 1.54) is 0 Å². The summed E-state index contributed by atoms with van der Waals surface area (Å²) in [6, 6.07) is 2.37. The Morgan fingerprint density at radius 2 is 1.75 bits per heavy atom. The first kappa shape index (κ1) is 14.2. The Labute approximate surface area is 118 Å². The van der Waals surface area contributed by atoms with Crippen molar-refractivity contribution < 1.29 is 22.7 Å². The molecule has 0 amide bonds. The van der Waals surface area contributed by atoms with Crippen LogP contribution in [0.3, 0.4) is 0 Å². The van der Waals surface area contributed by atoms with Crippen LogP contribution in [0.5, 0.6) is 0 Å². The van der Waals surface area contributed by atoms with Crippen LogP contribution in [-0.4, -0.2) is 15.6 Å². The summed E-state index contributed by atoms with van der Waals surface area (Å²) >= 11 is 1.73. The van der Waals surface area contributed by atoms with Crippen molar-refractivity contribution in [3.63, 3.8) is 0 Å². The fraction of sp³-hybridized carbons (Fsp3) is 0.571. The lowest BCUT2D eigenvalue weighted by molar-refractivity contribution is -0.141. The van der Waals surface area contributed by atoms with Gasteiger partial charge in [0.05, 0.1) is 11.2 Å². The first-order chi connectivity index (χ1) is 9.28. The molecule has 0 aromatic heterocycles. The van der Waals surface area contributed by atoms with Gasteiger partial charge in [0.15, 0.2) is 0 Å². The van der Waals surface area contributed by atoms with Crippen molar-refractivity contribution in [1.82, 2.24) is 0 Å². The van der Waals surface area contributed by atoms with Gasteiger partial charge in [-0.05, 0) is 49.4 Å². The number of benzene rings is 1. The van der Waals surface area contributed by atoms with E-state index in [1.54, 1.807) is 11.8 Å². The van der Waals surface area contributed by atoms with E-state index in [0.717, 1.165) is 31.0 Å². The molecule has 2 bridgehead atoms. The summed E-state index contributed by atoms with van der Waals surface area (Å²) in [5, 5.41) is 11.1. The third-order valence-corrected chi connectivity index (χ3v) is 5.69. The van der Waals surface area contributed by atoms with Gasteiger partial charge in [-0.15, -0.1) is 0 Å². The molecular weight excluding hydrogens is 292 g/mol. The maximum Gasteiger partial charge on any atom is 0.416 e. The minimum absolute atomic E-state index is 0.170. The molecule has 2 aliphatic rings. The summed E-state index contributed by atoms with van der Waals surface area (Å²) in [5.41, 5.74) is -2.79. The molecule has 2 aliphatic heterocycles. The predicted molar refractivity (Wildman–Crippen MR) is 68.9 cm³/mol. The van der Waals surface area contributed by atoms with Gasteiger partial charge in [0, 0.05) is 10.5 Å². The van der Waals surface area contributed by atoms with Crippen LogP contribution < -0.4 is 0 Å². The summed E-state index contributed by atoms with van der Waals surface area (Å²) < 4.78 is 52.6. The summed E-state index contributed by atoms with van der Waals surface area (Å²) in [6.45, 7) is 0. The van der Waals surface area contributed by atoms with E-state index in [1.807, 2.05) is 0 Å². The van der Waals surface area contributed by atoms with E-state index in [0.29, 0.717) is 0 Å². The molecule has 2 saturated heterocycles. The Morgan fingerprint density at radius 3 is 2.30 bits per heavy atom. The van der Waals surface area contributed by atoms with Crippen molar-refractivity contribution in [2.24, 2.45) is 0 Å². The molecule has 0 radical (unpaired) electrons. The Kier molecular flexibility index (Phi) is 3.29. The van der Waals surface area contributed by atoms with Crippen molar-refractivity contribution in [3.05, 3.63) is 35.1 Å². The maximum atomic E-state index is 13.4. The van der Waals surface area contributed by atoms with Crippen molar-refractivity contribution in [1.29, 1.82) is 0 Å². The van der Waals surface area contributed by atoms with Gasteiger partial charge in [0.1, 0.15) is 5.82 Å². The fourth-order valence-corrected chi connectivity index (χ4v) is 5.12. The van der Waals surface area contributed by atoms with Gasteiger partial charge in [0.2, 0.25) is 0 Å². The largest absolute Gasteiger partial charge is 0.416 e. The molecule has 1 aromatic rings. The van der Waals surface area contributed by atoms with Gasteiger partial charge >= 0.3 is 6.18 Å². The molecule has 1 aromatic carbocycles. The van der Waals surface area contributed by atoms with Crippen molar-refractivity contribution in [3.8, 4) is 0 Å². The lowest BCUT2D eigenvalue weighted by Crippen LogP contribution is -2.36. The highest BCUT2D eigenvalue weighted by molar-refractivity contribution is 8.00. The summed E-state index contributed by atoms with van der Waals surface area (Å²) in [6.07, 6.45) is -2.23. The average Bonchev–Trinajstić information content (AvgIpc) is 2.67. The highest BCUT2D eigenvalue weighted by Crippen LogP contribution is 2.53. The molecule has 2 heterocycles. The molecular formula is C14H14F4OS. The molecule has 0 saturated carbocycles. The monoisotopic (exact) mass is 306 g/mol. The smallest absolute Gasteiger partial charge is 0.385 e. The molecule has 1 N–H and O–H groups in total. The molecule has 6 heteroatoms. The van der Waals surface area contributed by atoms with Gasteiger partial charge < -0.3 is 5.11 Å². The molecule has 0 spiro atoms. The van der Waals surface area contributed by atoms with Gasteiger partial charge in [-0.3, -0.25) is 0 Å². The molecule has 1 nitrogen and oxygen atoms in total. The third kappa shape index (κ3) is 2.44. The number of aliphatic hydroxyl groups is 1. The van der Waals surface area contributed by atoms with Crippen molar-refractivity contribution in [2.45, 2.75) is 48.0 Å². The highest BCUT2D eigenvalue weighted by Gasteiger charge is 2.48. The maximum absolute atomic E-state index is 13.4. The zero-order valence-corrected chi connectivity index (χ0v) is 11.4. The number of fused-ring (bicyclic) bond motifs is 2. The Bertz CT molecular complexity index is 516. The number of hydrogen-bond donors (Lipinski definition) is 1. The van der Waals surface area contributed by atoms with Crippen molar-refractivity contribution >= 4 is 11.8 Å². The second kappa shape index (κ2) is 4.63. The van der Waals surface area contributed by atoms with E-state index in [9.17, 15) is 22.7 Å². The number of rotatable bonds is 1. The van der Waals surface area contributed by atoms with E-state index in [-0.39, 0.29) is 28.9 Å². The minimum atomic E-state index is -4.58. The molecule has 2 fully saturated rings. The predicted octanol–water partition coefficient (Wildman–Crippen LogP) is 4.09. The number of hydrogen-bond acceptors (Lipinski definition) is 2. The molecule has 3 rings (SSSR count). The molecule has 2 atom stereocenters. The number of alkyl halides is 3. The standard InChI is InChI=1S/C14H14F4OS/c15-8-1-4-11(14(16,17)18)12(5-8)13(19)6-9-2-3-10(7-13)20-9/h1,4-5,9-10,19H,2-3,6-7H2. The molecule has 20 heavy (non-hydrogen) atoms. The van der Waals surface area contributed by atoms with Crippen LogP contribution in [0.4, 0.5) is 17.6 Å². The first-order valence-corrected chi connectivity index (χ1v) is 7.47. The van der Waals surface area contributed by atoms with E-state index < -0.39 is 23.2 Å². The highest BCUT2D eigenvalue weighted by atomic mass is 32.2. The molecule has 0 aliphatic carbocycles. The number of thioether (sulfide) groups is 1. The van der Waals surface area contributed by atoms with Crippen LogP contribution in [-0.2, 0) is 11.8 Å². The average molecular weight is 306 g/mol. The minimum Gasteiger partial charge on any atom is -0.385 e. The topological polar surface area (TPSA) is 20.2 Å². The molecule has 110 valence electrons. The Hall–Kier alpha value is -0.750. The van der Waals surface area contributed by atoms with Gasteiger partial charge in [-0.25, -0.2) is 4.39 Å². The van der Waals surface area contributed by atoms with Gasteiger partial charge in [-0.2, -0.15) is 24.9 Å². The third-order valence-electron chi connectivity index (χ3n) is 4.11. The lowest BCUT2D eigenvalue weighted by atomic mass is 9.83. The van der Waals surface area contributed by atoms with Gasteiger partial charge in [-0.1, -0.05) is 0 Å². The second-order valence-corrected chi connectivity index (χ2v) is 7.19. The fourth-order valence-electron chi connectivity index (χ4n) is 3.29. The number of halogens is 4. The van der Waals surface area contributed by atoms with Crippen LogP contribution in [0.1, 0.15) is 36.8 Å². The first-order valence-electron chi connectivity index (χ1n) is 6.53. The van der Waals surface area contributed by atoms with Crippen LogP contribution >= 0.6 is 11.8 Å². The quantitative estimate of drug-likeness (QED) is 0.789. The van der Waals surface area contributed by atoms with E-state index in [4.69, 9.17) is 0 Å². The summed E-state index contributed by atoms with van der Waals surface area (Å²) in [7, 11) is 0. The zero-order valence-electron chi connectivity index (χ0n) is 10.6. The molecule has 2 unspecified atom stereocenters. The Balaban J connectivity index is 2.06. The van der Waals surface area contributed by atoms with E-state index in [2.05, 4.69) is 0 Å². The van der Waals surface area contributed by atoms with Crippen LogP contribution in [0.15, 0.2) is 18.2 Å². The second-order valence-electron chi connectivity index (χ2n) is 5.58. The normalized spacial score (nSPS) is 33.5. The summed E-state index contributed by atoms with van der Waals surface area (Å²) in [5.74, 6) is -0.744. The lowest BCUT2D eigenvalue weighted by Gasteiger charge is -2.37. The van der Waals surface area contributed by atoms with Crippen molar-refractivity contribution in [2.75, 3.05) is 0 Å². The van der Waals surface area contributed by atoms with Crippen LogP contribution in [0.25, 0.3) is 0 Å². The van der Waals surface area contributed by atoms with Gasteiger partial charge in [0.25, 0.3) is 0 Å². The zero-order chi connectivity index (χ0) is 14.5.